The highest BCUT2D eigenvalue weighted by molar-refractivity contribution is 7.00. The van der Waals surface area contributed by atoms with Gasteiger partial charge in [-0.05, 0) is 177 Å². The number of anilines is 9. The Balaban J connectivity index is 1.07. The van der Waals surface area contributed by atoms with E-state index < -0.39 is 0 Å². The van der Waals surface area contributed by atoms with Gasteiger partial charge in [0.05, 0.1) is 5.69 Å². The summed E-state index contributed by atoms with van der Waals surface area (Å²) in [6.45, 7) is 25.6. The van der Waals surface area contributed by atoms with Gasteiger partial charge in [-0.3, -0.25) is 0 Å². The van der Waals surface area contributed by atoms with Crippen LogP contribution in [0.4, 0.5) is 51.2 Å². The zero-order valence-electron chi connectivity index (χ0n) is 49.9. The molecule has 83 heavy (non-hydrogen) atoms. The van der Waals surface area contributed by atoms with Crippen LogP contribution in [-0.2, 0) is 21.7 Å². The first-order valence-electron chi connectivity index (χ1n) is 29.8. The molecule has 14 rings (SSSR count). The minimum atomic E-state index is -0.258. The van der Waals surface area contributed by atoms with E-state index in [0.717, 1.165) is 22.7 Å². The summed E-state index contributed by atoms with van der Waals surface area (Å²) in [5.41, 5.74) is 28.0. The molecule has 0 saturated carbocycles. The van der Waals surface area contributed by atoms with Crippen molar-refractivity contribution >= 4 is 85.1 Å². The Labute approximate surface area is 492 Å². The van der Waals surface area contributed by atoms with Crippen LogP contribution >= 0.6 is 0 Å². The fraction of sp³-hybridized carbons (Fsp3) is 0.190. The summed E-state index contributed by atoms with van der Waals surface area (Å²) in [4.78, 5) is 7.74. The first kappa shape index (κ1) is 52.2. The molecule has 2 heterocycles. The average Bonchev–Trinajstić information content (AvgIpc) is 1.74. The highest BCUT2D eigenvalue weighted by atomic mass is 15.2. The molecule has 0 atom stereocenters. The molecule has 3 aliphatic rings. The van der Waals surface area contributed by atoms with Crippen LogP contribution in [0.3, 0.4) is 0 Å². The predicted octanol–water partition coefficient (Wildman–Crippen LogP) is 19.9. The number of nitrogens with zero attached hydrogens (tertiary/aromatic N) is 3. The van der Waals surface area contributed by atoms with Crippen molar-refractivity contribution in [1.82, 2.24) is 0 Å². The Bertz CT molecular complexity index is 4280. The van der Waals surface area contributed by atoms with Crippen LogP contribution in [0.2, 0.25) is 0 Å². The van der Waals surface area contributed by atoms with Crippen molar-refractivity contribution in [2.75, 3.05) is 14.7 Å². The molecule has 0 amide bonds. The van der Waals surface area contributed by atoms with Crippen LogP contribution in [-0.4, -0.2) is 6.71 Å². The molecule has 11 aromatic rings. The zero-order valence-corrected chi connectivity index (χ0v) is 49.9. The van der Waals surface area contributed by atoms with Gasteiger partial charge in [-0.25, -0.2) is 0 Å². The van der Waals surface area contributed by atoms with Gasteiger partial charge in [0.25, 0.3) is 6.71 Å². The van der Waals surface area contributed by atoms with Crippen LogP contribution in [0.1, 0.15) is 104 Å². The van der Waals surface area contributed by atoms with Gasteiger partial charge in [0.15, 0.2) is 0 Å². The predicted molar refractivity (Wildman–Crippen MR) is 357 cm³/mol. The Morgan fingerprint density at radius 3 is 1.58 bits per heavy atom. The van der Waals surface area contributed by atoms with Crippen LogP contribution in [0.5, 0.6) is 0 Å². The SMILES string of the molecule is CC(C)(C)c1ccc(N(c2ccc(C(C)(C)C)cc2)c2ccc3c(c2)N(c2ccc(-c4ccccc4)cc2)c2cc(C(C)(C)C)cc4c2B3c2cc(-c3cccc5ccccc35)ccc2N4c2cccc3c2C(C)(C)c2ccccc2-3)cc1. The molecule has 0 N–H and O–H groups in total. The fourth-order valence-corrected chi connectivity index (χ4v) is 13.8. The highest BCUT2D eigenvalue weighted by Crippen LogP contribution is 2.56. The van der Waals surface area contributed by atoms with Crippen molar-refractivity contribution in [1.29, 1.82) is 0 Å². The Morgan fingerprint density at radius 2 is 0.904 bits per heavy atom. The summed E-state index contributed by atoms with van der Waals surface area (Å²) >= 11 is 0. The lowest BCUT2D eigenvalue weighted by Gasteiger charge is -2.46. The lowest BCUT2D eigenvalue weighted by atomic mass is 9.33. The average molecular weight is 1070 g/mol. The molecule has 0 spiro atoms. The second-order valence-corrected chi connectivity index (χ2v) is 27.0. The molecular weight excluding hydrogens is 1000 g/mol. The molecule has 406 valence electrons. The van der Waals surface area contributed by atoms with E-state index in [1.165, 1.54) is 117 Å². The number of fused-ring (bicyclic) bond motifs is 8. The van der Waals surface area contributed by atoms with Gasteiger partial charge in [0.2, 0.25) is 0 Å². The van der Waals surface area contributed by atoms with Crippen LogP contribution in [0, 0.1) is 0 Å². The van der Waals surface area contributed by atoms with Crippen molar-refractivity contribution in [3.63, 3.8) is 0 Å². The van der Waals surface area contributed by atoms with Gasteiger partial charge in [0, 0.05) is 50.9 Å². The Kier molecular flexibility index (Phi) is 12.0. The summed E-state index contributed by atoms with van der Waals surface area (Å²) in [7, 11) is 0. The first-order valence-corrected chi connectivity index (χ1v) is 29.8. The summed E-state index contributed by atoms with van der Waals surface area (Å²) in [5.74, 6) is 0. The van der Waals surface area contributed by atoms with Crippen molar-refractivity contribution < 1.29 is 0 Å². The molecule has 0 bridgehead atoms. The van der Waals surface area contributed by atoms with Crippen LogP contribution in [0.15, 0.2) is 237 Å². The molecule has 0 radical (unpaired) electrons. The molecule has 0 saturated heterocycles. The maximum absolute atomic E-state index is 2.67. The number of hydrogen-bond donors (Lipinski definition) is 0. The monoisotopic (exact) mass is 1070 g/mol. The number of hydrogen-bond acceptors (Lipinski definition) is 3. The van der Waals surface area contributed by atoms with Crippen molar-refractivity contribution in [2.24, 2.45) is 0 Å². The molecule has 11 aromatic carbocycles. The van der Waals surface area contributed by atoms with Crippen LogP contribution < -0.4 is 31.1 Å². The normalized spacial score (nSPS) is 14.0. The van der Waals surface area contributed by atoms with E-state index in [0.29, 0.717) is 0 Å². The summed E-state index contributed by atoms with van der Waals surface area (Å²) in [5, 5.41) is 2.49. The van der Waals surface area contributed by atoms with Gasteiger partial charge in [-0.15, -0.1) is 0 Å². The standard InChI is InChI=1S/C79H72BN3/c1-76(2,3)55-34-40-58(41-35-55)81(59-42-36-56(37-43-59)77(4,5)6)61-44-45-67-71(50-61)82(60-38-31-52(32-39-60)51-21-13-12-14-22-51)72-48-57(78(7,8)9)49-73-75(72)80(67)68-47-54(63-27-19-24-53-23-15-16-25-62(53)63)33-46-69(68)83(73)70-30-20-28-65-64-26-17-18-29-66(64)79(10,11)74(65)70/h12-50H,1-11H3. The largest absolute Gasteiger partial charge is 0.311 e. The number of benzene rings is 11. The van der Waals surface area contributed by atoms with Gasteiger partial charge < -0.3 is 14.7 Å². The Hall–Kier alpha value is -8.86. The van der Waals surface area contributed by atoms with E-state index in [-0.39, 0.29) is 28.4 Å². The molecule has 4 heteroatoms. The second-order valence-electron chi connectivity index (χ2n) is 27.0. The quantitative estimate of drug-likeness (QED) is 0.147. The third-order valence-electron chi connectivity index (χ3n) is 18.3. The lowest BCUT2D eigenvalue weighted by molar-refractivity contribution is 0.590. The van der Waals surface area contributed by atoms with Gasteiger partial charge in [-0.1, -0.05) is 240 Å². The van der Waals surface area contributed by atoms with Gasteiger partial charge in [0.1, 0.15) is 0 Å². The maximum Gasteiger partial charge on any atom is 0.252 e. The molecule has 3 nitrogen and oxygen atoms in total. The molecule has 0 aromatic heterocycles. The fourth-order valence-electron chi connectivity index (χ4n) is 13.8. The minimum absolute atomic E-state index is 0.0132. The van der Waals surface area contributed by atoms with E-state index in [1.807, 2.05) is 0 Å². The van der Waals surface area contributed by atoms with E-state index in [1.54, 1.807) is 0 Å². The van der Waals surface area contributed by atoms with Gasteiger partial charge >= 0.3 is 0 Å². The van der Waals surface area contributed by atoms with E-state index in [4.69, 9.17) is 0 Å². The molecule has 1 aliphatic carbocycles. The topological polar surface area (TPSA) is 9.72 Å². The third kappa shape index (κ3) is 8.63. The number of rotatable bonds is 7. The zero-order chi connectivity index (χ0) is 57.3. The second kappa shape index (κ2) is 19.1. The molecule has 0 unspecified atom stereocenters. The van der Waals surface area contributed by atoms with Crippen molar-refractivity contribution in [2.45, 2.75) is 97.8 Å². The lowest BCUT2D eigenvalue weighted by Crippen LogP contribution is -2.61. The highest BCUT2D eigenvalue weighted by Gasteiger charge is 2.47. The molecular formula is C79H72BN3. The molecule has 2 aliphatic heterocycles. The molecule has 0 fully saturated rings. The van der Waals surface area contributed by atoms with E-state index in [9.17, 15) is 0 Å². The first-order chi connectivity index (χ1) is 39.8. The van der Waals surface area contributed by atoms with Gasteiger partial charge in [-0.2, -0.15) is 0 Å². The smallest absolute Gasteiger partial charge is 0.252 e. The van der Waals surface area contributed by atoms with Crippen molar-refractivity contribution in [3.05, 3.63) is 264 Å². The minimum Gasteiger partial charge on any atom is -0.311 e. The summed E-state index contributed by atoms with van der Waals surface area (Å²) in [6.07, 6.45) is 0. The van der Waals surface area contributed by atoms with E-state index >= 15 is 0 Å². The Morgan fingerprint density at radius 1 is 0.361 bits per heavy atom. The van der Waals surface area contributed by atoms with Crippen LogP contribution in [0.25, 0.3) is 44.2 Å². The summed E-state index contributed by atoms with van der Waals surface area (Å²) < 4.78 is 0. The van der Waals surface area contributed by atoms with E-state index in [2.05, 4.69) is 327 Å². The summed E-state index contributed by atoms with van der Waals surface area (Å²) in [6, 6.07) is 90.1. The third-order valence-corrected chi connectivity index (χ3v) is 18.3. The maximum atomic E-state index is 2.67. The van der Waals surface area contributed by atoms with Crippen molar-refractivity contribution in [3.8, 4) is 33.4 Å².